The Morgan fingerprint density at radius 2 is 1.54 bits per heavy atom. The summed E-state index contributed by atoms with van der Waals surface area (Å²) in [7, 11) is 0. The van der Waals surface area contributed by atoms with Gasteiger partial charge in [0.25, 0.3) is 17.7 Å². The smallest absolute Gasteiger partial charge is 0.276 e. The van der Waals surface area contributed by atoms with Crippen LogP contribution < -0.4 is 20.9 Å². The lowest BCUT2D eigenvalue weighted by Gasteiger charge is -2.09. The summed E-state index contributed by atoms with van der Waals surface area (Å²) in [5.74, 6) is -1.74. The van der Waals surface area contributed by atoms with Crippen LogP contribution in [0.1, 0.15) is 10.4 Å². The van der Waals surface area contributed by atoms with E-state index >= 15 is 0 Å². The van der Waals surface area contributed by atoms with Crippen LogP contribution in [0.15, 0.2) is 53.0 Å². The molecule has 7 nitrogen and oxygen atoms in total. The highest BCUT2D eigenvalue weighted by atomic mass is 79.9. The number of ether oxygens (including phenoxy) is 1. The van der Waals surface area contributed by atoms with Crippen molar-refractivity contribution in [2.45, 2.75) is 0 Å². The molecule has 9 heteroatoms. The molecule has 2 aromatic carbocycles. The molecule has 0 aliphatic carbocycles. The molecule has 136 valence electrons. The molecule has 0 aromatic heterocycles. The van der Waals surface area contributed by atoms with Crippen LogP contribution in [-0.2, 0) is 9.59 Å². The van der Waals surface area contributed by atoms with Crippen molar-refractivity contribution in [1.29, 1.82) is 0 Å². The first kappa shape index (κ1) is 19.4. The number of hydrazine groups is 1. The number of halogens is 2. The maximum atomic E-state index is 12.7. The minimum atomic E-state index is -0.609. The summed E-state index contributed by atoms with van der Waals surface area (Å²) in [6.45, 7) is -0.675. The van der Waals surface area contributed by atoms with Gasteiger partial charge in [0, 0.05) is 10.0 Å². The van der Waals surface area contributed by atoms with Crippen molar-refractivity contribution < 1.29 is 23.5 Å². The lowest BCUT2D eigenvalue weighted by molar-refractivity contribution is -0.129. The molecule has 0 atom stereocenters. The zero-order valence-corrected chi connectivity index (χ0v) is 15.0. The summed E-state index contributed by atoms with van der Waals surface area (Å²) in [4.78, 5) is 35.0. The number of hydrogen-bond donors (Lipinski definition) is 3. The van der Waals surface area contributed by atoms with E-state index in [0.717, 1.165) is 4.47 Å². The van der Waals surface area contributed by atoms with Crippen molar-refractivity contribution in [2.24, 2.45) is 0 Å². The Balaban J connectivity index is 1.66. The number of benzene rings is 2. The van der Waals surface area contributed by atoms with Crippen molar-refractivity contribution in [2.75, 3.05) is 13.2 Å². The molecular weight excluding hydrogens is 409 g/mol. The van der Waals surface area contributed by atoms with Crippen LogP contribution in [0, 0.1) is 5.82 Å². The second-order valence-corrected chi connectivity index (χ2v) is 5.94. The first-order valence-corrected chi connectivity index (χ1v) is 8.23. The number of carbonyl (C=O) groups is 3. The Morgan fingerprint density at radius 1 is 0.923 bits per heavy atom. The van der Waals surface area contributed by atoms with Gasteiger partial charge in [-0.1, -0.05) is 15.9 Å². The van der Waals surface area contributed by atoms with E-state index in [1.807, 2.05) is 0 Å². The molecular formula is C17H15BrFN3O4. The third-order valence-corrected chi connectivity index (χ3v) is 3.57. The molecule has 2 rings (SSSR count). The molecule has 3 N–H and O–H groups in total. The Labute approximate surface area is 157 Å². The number of rotatable bonds is 6. The molecule has 0 spiro atoms. The predicted molar refractivity (Wildman–Crippen MR) is 94.7 cm³/mol. The summed E-state index contributed by atoms with van der Waals surface area (Å²) in [6, 6.07) is 11.8. The van der Waals surface area contributed by atoms with Gasteiger partial charge in [0.05, 0.1) is 6.54 Å². The van der Waals surface area contributed by atoms with E-state index in [2.05, 4.69) is 32.1 Å². The second-order valence-electron chi connectivity index (χ2n) is 5.03. The van der Waals surface area contributed by atoms with Gasteiger partial charge in [-0.05, 0) is 48.5 Å². The summed E-state index contributed by atoms with van der Waals surface area (Å²) in [5.41, 5.74) is 4.68. The Morgan fingerprint density at radius 3 is 2.19 bits per heavy atom. The molecule has 3 amide bonds. The number of carbonyl (C=O) groups excluding carboxylic acids is 3. The highest BCUT2D eigenvalue weighted by molar-refractivity contribution is 9.10. The first-order valence-electron chi connectivity index (χ1n) is 7.44. The van der Waals surface area contributed by atoms with Gasteiger partial charge in [0.1, 0.15) is 11.6 Å². The van der Waals surface area contributed by atoms with Gasteiger partial charge in [0.15, 0.2) is 6.61 Å². The minimum absolute atomic E-state index is 0.312. The molecule has 0 aliphatic heterocycles. The molecule has 0 fully saturated rings. The van der Waals surface area contributed by atoms with Crippen LogP contribution >= 0.6 is 15.9 Å². The standard InChI is InChI=1S/C17H15BrFN3O4/c18-12-3-1-11(2-4-12)17(25)20-9-15(23)21-22-16(24)10-26-14-7-5-13(19)6-8-14/h1-8H,9-10H2,(H,20,25)(H,21,23)(H,22,24). The molecule has 0 aliphatic rings. The SMILES string of the molecule is O=C(CNC(=O)c1ccc(Br)cc1)NNC(=O)COc1ccc(F)cc1. The Hall–Kier alpha value is -2.94. The monoisotopic (exact) mass is 423 g/mol. The van der Waals surface area contributed by atoms with E-state index < -0.39 is 23.5 Å². The quantitative estimate of drug-likeness (QED) is 0.614. The van der Waals surface area contributed by atoms with E-state index in [4.69, 9.17) is 4.74 Å². The second kappa shape index (κ2) is 9.52. The minimum Gasteiger partial charge on any atom is -0.484 e. The van der Waals surface area contributed by atoms with Gasteiger partial charge in [-0.3, -0.25) is 25.2 Å². The van der Waals surface area contributed by atoms with Crippen LogP contribution in [0.2, 0.25) is 0 Å². The zero-order valence-electron chi connectivity index (χ0n) is 13.4. The molecule has 2 aromatic rings. The molecule has 0 heterocycles. The maximum absolute atomic E-state index is 12.7. The normalized spacial score (nSPS) is 9.92. The first-order chi connectivity index (χ1) is 12.4. The molecule has 0 saturated carbocycles. The largest absolute Gasteiger partial charge is 0.484 e. The molecule has 0 radical (unpaired) electrons. The lowest BCUT2D eigenvalue weighted by Crippen LogP contribution is -2.47. The summed E-state index contributed by atoms with van der Waals surface area (Å²) < 4.78 is 18.7. The number of amides is 3. The van der Waals surface area contributed by atoms with Crippen LogP contribution in [0.5, 0.6) is 5.75 Å². The third kappa shape index (κ3) is 6.52. The van der Waals surface area contributed by atoms with Gasteiger partial charge < -0.3 is 10.1 Å². The van der Waals surface area contributed by atoms with Crippen LogP contribution in [0.3, 0.4) is 0 Å². The Bertz CT molecular complexity index is 782. The highest BCUT2D eigenvalue weighted by Crippen LogP contribution is 2.11. The maximum Gasteiger partial charge on any atom is 0.276 e. The van der Waals surface area contributed by atoms with Crippen LogP contribution in [-0.4, -0.2) is 30.9 Å². The van der Waals surface area contributed by atoms with Gasteiger partial charge in [-0.25, -0.2) is 4.39 Å². The Kier molecular flexibility index (Phi) is 7.10. The predicted octanol–water partition coefficient (Wildman–Crippen LogP) is 1.54. The van der Waals surface area contributed by atoms with Gasteiger partial charge in [-0.2, -0.15) is 0 Å². The fourth-order valence-corrected chi connectivity index (χ4v) is 2.03. The van der Waals surface area contributed by atoms with Gasteiger partial charge in [0.2, 0.25) is 0 Å². The summed E-state index contributed by atoms with van der Waals surface area (Å²) >= 11 is 3.26. The lowest BCUT2D eigenvalue weighted by atomic mass is 10.2. The third-order valence-electron chi connectivity index (χ3n) is 3.04. The van der Waals surface area contributed by atoms with E-state index in [0.29, 0.717) is 11.3 Å². The fraction of sp³-hybridized carbons (Fsp3) is 0.118. The average molecular weight is 424 g/mol. The van der Waals surface area contributed by atoms with E-state index in [9.17, 15) is 18.8 Å². The summed E-state index contributed by atoms with van der Waals surface area (Å²) in [5, 5.41) is 2.42. The number of hydrogen-bond acceptors (Lipinski definition) is 4. The summed E-state index contributed by atoms with van der Waals surface area (Å²) in [6.07, 6.45) is 0. The van der Waals surface area contributed by atoms with E-state index in [1.54, 1.807) is 24.3 Å². The molecule has 0 unspecified atom stereocenters. The topological polar surface area (TPSA) is 96.5 Å². The van der Waals surface area contributed by atoms with Gasteiger partial charge in [-0.15, -0.1) is 0 Å². The van der Waals surface area contributed by atoms with Crippen molar-refractivity contribution >= 4 is 33.7 Å². The fourth-order valence-electron chi connectivity index (χ4n) is 1.76. The molecule has 26 heavy (non-hydrogen) atoms. The van der Waals surface area contributed by atoms with Crippen molar-refractivity contribution in [3.63, 3.8) is 0 Å². The van der Waals surface area contributed by atoms with Crippen molar-refractivity contribution in [3.05, 3.63) is 64.4 Å². The zero-order chi connectivity index (χ0) is 18.9. The molecule has 0 saturated heterocycles. The van der Waals surface area contributed by atoms with Crippen LogP contribution in [0.25, 0.3) is 0 Å². The van der Waals surface area contributed by atoms with Crippen LogP contribution in [0.4, 0.5) is 4.39 Å². The van der Waals surface area contributed by atoms with Gasteiger partial charge >= 0.3 is 0 Å². The van der Waals surface area contributed by atoms with E-state index in [-0.39, 0.29) is 13.2 Å². The highest BCUT2D eigenvalue weighted by Gasteiger charge is 2.09. The average Bonchev–Trinajstić information content (AvgIpc) is 2.64. The number of nitrogens with one attached hydrogen (secondary N) is 3. The van der Waals surface area contributed by atoms with Crippen molar-refractivity contribution in [3.8, 4) is 5.75 Å². The van der Waals surface area contributed by atoms with Crippen molar-refractivity contribution in [1.82, 2.24) is 16.2 Å². The van der Waals surface area contributed by atoms with E-state index in [1.165, 1.54) is 24.3 Å². The molecule has 0 bridgehead atoms.